The van der Waals surface area contributed by atoms with E-state index in [4.69, 9.17) is 16.6 Å². The highest BCUT2D eigenvalue weighted by molar-refractivity contribution is 5.93. The first kappa shape index (κ1) is 24.3. The Labute approximate surface area is 157 Å². The number of nitrogens with two attached hydrogens (primary N) is 2. The van der Waals surface area contributed by atoms with Gasteiger partial charge >= 0.3 is 5.97 Å². The van der Waals surface area contributed by atoms with Crippen LogP contribution in [0.4, 0.5) is 0 Å². The van der Waals surface area contributed by atoms with E-state index in [1.807, 2.05) is 13.8 Å². The van der Waals surface area contributed by atoms with Crippen molar-refractivity contribution in [1.82, 2.24) is 16.0 Å². The number of hydrogen-bond donors (Lipinski definition) is 6. The lowest BCUT2D eigenvalue weighted by Crippen LogP contribution is -2.55. The summed E-state index contributed by atoms with van der Waals surface area (Å²) in [6, 6.07) is -2.93. The Morgan fingerprint density at radius 1 is 0.963 bits per heavy atom. The van der Waals surface area contributed by atoms with Crippen LogP contribution in [0, 0.1) is 5.92 Å². The van der Waals surface area contributed by atoms with Gasteiger partial charge in [-0.05, 0) is 25.7 Å². The van der Waals surface area contributed by atoms with Crippen molar-refractivity contribution in [3.8, 4) is 0 Å². The van der Waals surface area contributed by atoms with Crippen LogP contribution in [0.15, 0.2) is 0 Å². The summed E-state index contributed by atoms with van der Waals surface area (Å²) in [5.41, 5.74) is 10.6. The standard InChI is InChI=1S/C16H29N5O6/c1-8(2)6-11(16(27)19-7-13(23)24)21-14(25)9(3)20-15(26)10(17)4-5-12(18)22/h8-11H,4-7,17H2,1-3H3,(H2,18,22)(H,19,27)(H,20,26)(H,21,25)(H,23,24)/t9-,10-,11-/m0/s1. The molecule has 0 heterocycles. The lowest BCUT2D eigenvalue weighted by molar-refractivity contribution is -0.138. The summed E-state index contributed by atoms with van der Waals surface area (Å²) in [4.78, 5) is 57.6. The van der Waals surface area contributed by atoms with E-state index in [-0.39, 0.29) is 25.2 Å². The van der Waals surface area contributed by atoms with Gasteiger partial charge in [0.25, 0.3) is 0 Å². The van der Waals surface area contributed by atoms with E-state index in [1.165, 1.54) is 6.92 Å². The zero-order chi connectivity index (χ0) is 21.1. The molecule has 0 aliphatic heterocycles. The minimum absolute atomic E-state index is 0.0447. The molecule has 0 spiro atoms. The van der Waals surface area contributed by atoms with Gasteiger partial charge in [0.2, 0.25) is 23.6 Å². The molecule has 0 unspecified atom stereocenters. The first-order chi connectivity index (χ1) is 12.4. The maximum Gasteiger partial charge on any atom is 0.322 e. The normalized spacial score (nSPS) is 14.0. The van der Waals surface area contributed by atoms with Crippen molar-refractivity contribution in [3.63, 3.8) is 0 Å². The fraction of sp³-hybridized carbons (Fsp3) is 0.688. The van der Waals surface area contributed by atoms with Crippen LogP contribution < -0.4 is 27.4 Å². The molecule has 0 radical (unpaired) electrons. The average molecular weight is 387 g/mol. The smallest absolute Gasteiger partial charge is 0.322 e. The number of carbonyl (C=O) groups is 5. The van der Waals surface area contributed by atoms with Crippen molar-refractivity contribution in [2.75, 3.05) is 6.54 Å². The van der Waals surface area contributed by atoms with Crippen LogP contribution in [0.3, 0.4) is 0 Å². The molecule has 27 heavy (non-hydrogen) atoms. The summed E-state index contributed by atoms with van der Waals surface area (Å²) < 4.78 is 0. The highest BCUT2D eigenvalue weighted by Gasteiger charge is 2.26. The predicted molar refractivity (Wildman–Crippen MR) is 96.0 cm³/mol. The summed E-state index contributed by atoms with van der Waals surface area (Å²) >= 11 is 0. The number of amides is 4. The Morgan fingerprint density at radius 3 is 2.04 bits per heavy atom. The Hall–Kier alpha value is -2.69. The highest BCUT2D eigenvalue weighted by atomic mass is 16.4. The Morgan fingerprint density at radius 2 is 1.56 bits per heavy atom. The van der Waals surface area contributed by atoms with Gasteiger partial charge in [-0.25, -0.2) is 0 Å². The van der Waals surface area contributed by atoms with Gasteiger partial charge in [-0.15, -0.1) is 0 Å². The SMILES string of the molecule is CC(C)C[C@H](NC(=O)[C@H](C)NC(=O)[C@@H](N)CCC(N)=O)C(=O)NCC(=O)O. The second-order valence-electron chi connectivity index (χ2n) is 6.64. The second kappa shape index (κ2) is 11.8. The van der Waals surface area contributed by atoms with E-state index in [2.05, 4.69) is 16.0 Å². The molecule has 0 aromatic rings. The number of aliphatic carboxylic acids is 1. The van der Waals surface area contributed by atoms with Gasteiger partial charge in [0.1, 0.15) is 18.6 Å². The molecular weight excluding hydrogens is 358 g/mol. The van der Waals surface area contributed by atoms with Gasteiger partial charge in [-0.2, -0.15) is 0 Å². The van der Waals surface area contributed by atoms with Crippen LogP contribution in [0.2, 0.25) is 0 Å². The molecular formula is C16H29N5O6. The number of carboxylic acid groups (broad SMARTS) is 1. The number of hydrogen-bond acceptors (Lipinski definition) is 6. The third kappa shape index (κ3) is 10.8. The summed E-state index contributed by atoms with van der Waals surface area (Å²) in [6.07, 6.45) is 0.272. The van der Waals surface area contributed by atoms with Gasteiger partial charge in [0.15, 0.2) is 0 Å². The minimum Gasteiger partial charge on any atom is -0.480 e. The number of carbonyl (C=O) groups excluding carboxylic acids is 4. The molecule has 0 aliphatic rings. The van der Waals surface area contributed by atoms with E-state index >= 15 is 0 Å². The number of nitrogens with one attached hydrogen (secondary N) is 3. The Bertz CT molecular complexity index is 566. The number of rotatable bonds is 12. The van der Waals surface area contributed by atoms with Crippen molar-refractivity contribution in [3.05, 3.63) is 0 Å². The molecule has 0 aromatic carbocycles. The minimum atomic E-state index is -1.21. The zero-order valence-electron chi connectivity index (χ0n) is 15.8. The van der Waals surface area contributed by atoms with Crippen LogP contribution in [0.1, 0.15) is 40.0 Å². The van der Waals surface area contributed by atoms with Crippen molar-refractivity contribution < 1.29 is 29.1 Å². The molecule has 8 N–H and O–H groups in total. The molecule has 11 nitrogen and oxygen atoms in total. The largest absolute Gasteiger partial charge is 0.480 e. The van der Waals surface area contributed by atoms with Crippen molar-refractivity contribution in [1.29, 1.82) is 0 Å². The van der Waals surface area contributed by atoms with Crippen molar-refractivity contribution >= 4 is 29.6 Å². The molecule has 154 valence electrons. The van der Waals surface area contributed by atoms with Crippen LogP contribution >= 0.6 is 0 Å². The van der Waals surface area contributed by atoms with Gasteiger partial charge in [-0.1, -0.05) is 13.8 Å². The molecule has 0 aliphatic carbocycles. The summed E-state index contributed by atoms with van der Waals surface area (Å²) in [5.74, 6) is -3.62. The first-order valence-corrected chi connectivity index (χ1v) is 8.58. The van der Waals surface area contributed by atoms with Gasteiger partial charge in [-0.3, -0.25) is 24.0 Å². The quantitative estimate of drug-likeness (QED) is 0.219. The lowest BCUT2D eigenvalue weighted by Gasteiger charge is -2.23. The van der Waals surface area contributed by atoms with Crippen LogP contribution in [-0.2, 0) is 24.0 Å². The fourth-order valence-corrected chi connectivity index (χ4v) is 2.10. The molecule has 0 saturated heterocycles. The Kier molecular flexibility index (Phi) is 10.7. The molecule has 3 atom stereocenters. The van der Waals surface area contributed by atoms with Crippen LogP contribution in [0.25, 0.3) is 0 Å². The van der Waals surface area contributed by atoms with Crippen LogP contribution in [-0.4, -0.2) is 59.4 Å². The maximum atomic E-state index is 12.3. The van der Waals surface area contributed by atoms with Crippen molar-refractivity contribution in [2.24, 2.45) is 17.4 Å². The summed E-state index contributed by atoms with van der Waals surface area (Å²) in [6.45, 7) is 4.53. The fourth-order valence-electron chi connectivity index (χ4n) is 2.10. The van der Waals surface area contributed by atoms with Gasteiger partial charge in [0.05, 0.1) is 6.04 Å². The molecule has 4 amide bonds. The van der Waals surface area contributed by atoms with E-state index in [1.54, 1.807) is 0 Å². The van der Waals surface area contributed by atoms with Gasteiger partial charge in [0, 0.05) is 6.42 Å². The third-order valence-corrected chi connectivity index (χ3v) is 3.54. The zero-order valence-corrected chi connectivity index (χ0v) is 15.8. The monoisotopic (exact) mass is 387 g/mol. The first-order valence-electron chi connectivity index (χ1n) is 8.58. The Balaban J connectivity index is 4.75. The average Bonchev–Trinajstić information content (AvgIpc) is 2.55. The molecule has 0 bridgehead atoms. The molecule has 11 heteroatoms. The molecule has 0 fully saturated rings. The van der Waals surface area contributed by atoms with E-state index in [0.29, 0.717) is 0 Å². The summed E-state index contributed by atoms with van der Waals surface area (Å²) in [5, 5.41) is 15.7. The van der Waals surface area contributed by atoms with E-state index < -0.39 is 54.3 Å². The topological polar surface area (TPSA) is 194 Å². The predicted octanol–water partition coefficient (Wildman–Crippen LogP) is -2.18. The van der Waals surface area contributed by atoms with E-state index in [0.717, 1.165) is 0 Å². The van der Waals surface area contributed by atoms with Crippen molar-refractivity contribution in [2.45, 2.75) is 58.2 Å². The molecule has 0 aromatic heterocycles. The molecule has 0 saturated carbocycles. The maximum absolute atomic E-state index is 12.3. The molecule has 0 rings (SSSR count). The highest BCUT2D eigenvalue weighted by Crippen LogP contribution is 2.05. The van der Waals surface area contributed by atoms with Gasteiger partial charge < -0.3 is 32.5 Å². The third-order valence-electron chi connectivity index (χ3n) is 3.54. The van der Waals surface area contributed by atoms with E-state index in [9.17, 15) is 24.0 Å². The lowest BCUT2D eigenvalue weighted by atomic mass is 10.0. The number of primary amides is 1. The number of carboxylic acids is 1. The summed E-state index contributed by atoms with van der Waals surface area (Å²) in [7, 11) is 0. The van der Waals surface area contributed by atoms with Crippen LogP contribution in [0.5, 0.6) is 0 Å². The second-order valence-corrected chi connectivity index (χ2v) is 6.64.